The van der Waals surface area contributed by atoms with Crippen molar-refractivity contribution in [2.45, 2.75) is 17.9 Å². The maximum atomic E-state index is 12.0. The van der Waals surface area contributed by atoms with Gasteiger partial charge in [0, 0.05) is 12.5 Å². The fourth-order valence-corrected chi connectivity index (χ4v) is 5.25. The molecule has 0 unspecified atom stereocenters. The number of carbonyl (C=O) groups excluding carboxylic acids is 1. The minimum absolute atomic E-state index is 0.340. The van der Waals surface area contributed by atoms with Crippen LogP contribution in [0.5, 0.6) is 0 Å². The molecule has 0 aliphatic heterocycles. The van der Waals surface area contributed by atoms with E-state index >= 15 is 0 Å². The summed E-state index contributed by atoms with van der Waals surface area (Å²) in [6, 6.07) is 12.3. The fraction of sp³-hybridized carbons (Fsp3) is 0.200. The molecule has 6 nitrogen and oxygen atoms in total. The maximum absolute atomic E-state index is 12.0. The summed E-state index contributed by atoms with van der Waals surface area (Å²) in [6.07, 6.45) is 1.57. The molecule has 0 aliphatic rings. The van der Waals surface area contributed by atoms with E-state index in [1.165, 1.54) is 15.5 Å². The predicted octanol–water partition coefficient (Wildman–Crippen LogP) is 5.73. The number of thiophene rings is 1. The van der Waals surface area contributed by atoms with Gasteiger partial charge in [-0.15, -0.1) is 22.7 Å². The number of para-hydroxylation sites is 1. The van der Waals surface area contributed by atoms with Crippen molar-refractivity contribution in [3.05, 3.63) is 52.9 Å². The first-order valence-electron chi connectivity index (χ1n) is 8.92. The summed E-state index contributed by atoms with van der Waals surface area (Å²) in [5.74, 6) is -0.347. The van der Waals surface area contributed by atoms with Gasteiger partial charge in [-0.05, 0) is 42.5 Å². The lowest BCUT2D eigenvalue weighted by atomic mass is 10.2. The number of fused-ring (bicyclic) bond motifs is 1. The summed E-state index contributed by atoms with van der Waals surface area (Å²) in [4.78, 5) is 17.0. The molecule has 0 atom stereocenters. The third-order valence-electron chi connectivity index (χ3n) is 4.14. The molecule has 3 aromatic heterocycles. The molecule has 0 saturated carbocycles. The Bertz CT molecular complexity index is 1120. The number of ether oxygens (including phenoxy) is 2. The summed E-state index contributed by atoms with van der Waals surface area (Å²) in [5.41, 5.74) is 2.92. The lowest BCUT2D eigenvalue weighted by Gasteiger charge is -2.12. The molecule has 0 spiro atoms. The standard InChI is InChI=1S/C20H19N3O3S3/c1-3-26-20(24)16-11-21-19(28-16)15-10-13-6-4-7-14(18(13)23(15)12-25-2)22-29-17-8-5-9-27-17/h4-11,22H,3,12H2,1-2H3. The summed E-state index contributed by atoms with van der Waals surface area (Å²) in [5, 5.41) is 3.87. The Labute approximate surface area is 180 Å². The molecule has 29 heavy (non-hydrogen) atoms. The molecule has 1 aromatic carbocycles. The molecule has 0 amide bonds. The Balaban J connectivity index is 1.74. The van der Waals surface area contributed by atoms with E-state index in [9.17, 15) is 4.79 Å². The second kappa shape index (κ2) is 9.00. The van der Waals surface area contributed by atoms with Crippen LogP contribution >= 0.6 is 34.6 Å². The molecule has 0 saturated heterocycles. The van der Waals surface area contributed by atoms with Crippen LogP contribution in [0.4, 0.5) is 5.69 Å². The van der Waals surface area contributed by atoms with Gasteiger partial charge >= 0.3 is 5.97 Å². The largest absolute Gasteiger partial charge is 0.462 e. The zero-order valence-electron chi connectivity index (χ0n) is 15.9. The van der Waals surface area contributed by atoms with Gasteiger partial charge in [-0.2, -0.15) is 0 Å². The van der Waals surface area contributed by atoms with Gasteiger partial charge in [0.25, 0.3) is 0 Å². The van der Waals surface area contributed by atoms with Crippen molar-refractivity contribution in [3.8, 4) is 10.7 Å². The van der Waals surface area contributed by atoms with Crippen molar-refractivity contribution in [2.24, 2.45) is 0 Å². The first-order valence-corrected chi connectivity index (χ1v) is 11.4. The highest BCUT2D eigenvalue weighted by Crippen LogP contribution is 2.36. The number of methoxy groups -OCH3 is 1. The van der Waals surface area contributed by atoms with Crippen LogP contribution in [0.1, 0.15) is 16.6 Å². The number of hydrogen-bond acceptors (Lipinski definition) is 8. The highest BCUT2D eigenvalue weighted by atomic mass is 32.2. The van der Waals surface area contributed by atoms with Crippen LogP contribution in [-0.2, 0) is 16.2 Å². The SMILES string of the molecule is CCOC(=O)c1cnc(-c2cc3cccc(NSc4cccs4)c3n2COC)s1. The van der Waals surface area contributed by atoms with E-state index in [1.54, 1.807) is 43.5 Å². The molecule has 4 rings (SSSR count). The molecule has 9 heteroatoms. The molecule has 3 heterocycles. The number of rotatable bonds is 8. The number of hydrogen-bond donors (Lipinski definition) is 1. The van der Waals surface area contributed by atoms with Crippen molar-refractivity contribution in [3.63, 3.8) is 0 Å². The third kappa shape index (κ3) is 4.18. The summed E-state index contributed by atoms with van der Waals surface area (Å²) >= 11 is 4.59. The number of nitrogens with one attached hydrogen (secondary N) is 1. The topological polar surface area (TPSA) is 65.4 Å². The van der Waals surface area contributed by atoms with Crippen molar-refractivity contribution in [2.75, 3.05) is 18.4 Å². The number of nitrogens with zero attached hydrogens (tertiary/aromatic N) is 2. The van der Waals surface area contributed by atoms with Gasteiger partial charge in [0.05, 0.1) is 33.9 Å². The Morgan fingerprint density at radius 3 is 2.97 bits per heavy atom. The monoisotopic (exact) mass is 445 g/mol. The van der Waals surface area contributed by atoms with E-state index in [0.29, 0.717) is 18.2 Å². The molecular formula is C20H19N3O3S3. The van der Waals surface area contributed by atoms with Gasteiger partial charge < -0.3 is 18.8 Å². The Hall–Kier alpha value is -2.33. The lowest BCUT2D eigenvalue weighted by molar-refractivity contribution is 0.0532. The van der Waals surface area contributed by atoms with Crippen LogP contribution in [0.3, 0.4) is 0 Å². The zero-order valence-corrected chi connectivity index (χ0v) is 18.3. The molecule has 1 N–H and O–H groups in total. The molecule has 4 aromatic rings. The van der Waals surface area contributed by atoms with Crippen LogP contribution in [0.15, 0.2) is 52.2 Å². The number of carbonyl (C=O) groups is 1. The second-order valence-electron chi connectivity index (χ2n) is 6.01. The first-order chi connectivity index (χ1) is 14.2. The van der Waals surface area contributed by atoms with Crippen LogP contribution in [0.2, 0.25) is 0 Å². The maximum Gasteiger partial charge on any atom is 0.349 e. The Morgan fingerprint density at radius 2 is 2.21 bits per heavy atom. The van der Waals surface area contributed by atoms with Crippen molar-refractivity contribution >= 4 is 57.2 Å². The summed E-state index contributed by atoms with van der Waals surface area (Å²) in [6.45, 7) is 2.50. The minimum atomic E-state index is -0.347. The number of aromatic nitrogens is 2. The van der Waals surface area contributed by atoms with Crippen molar-refractivity contribution < 1.29 is 14.3 Å². The predicted molar refractivity (Wildman–Crippen MR) is 120 cm³/mol. The highest BCUT2D eigenvalue weighted by molar-refractivity contribution is 8.02. The van der Waals surface area contributed by atoms with Gasteiger partial charge in [0.2, 0.25) is 0 Å². The Morgan fingerprint density at radius 1 is 1.31 bits per heavy atom. The van der Waals surface area contributed by atoms with Gasteiger partial charge in [-0.25, -0.2) is 9.78 Å². The van der Waals surface area contributed by atoms with E-state index in [1.807, 2.05) is 18.2 Å². The molecular weight excluding hydrogens is 426 g/mol. The average Bonchev–Trinajstić information content (AvgIpc) is 3.47. The van der Waals surface area contributed by atoms with Crippen LogP contribution < -0.4 is 4.72 Å². The zero-order chi connectivity index (χ0) is 20.2. The van der Waals surface area contributed by atoms with E-state index in [-0.39, 0.29) is 5.97 Å². The molecule has 0 fully saturated rings. The lowest BCUT2D eigenvalue weighted by Crippen LogP contribution is -2.03. The first kappa shape index (κ1) is 20.0. The number of anilines is 1. The molecule has 0 bridgehead atoms. The van der Waals surface area contributed by atoms with Gasteiger partial charge in [-0.3, -0.25) is 0 Å². The second-order valence-corrected chi connectivity index (χ2v) is 9.09. The van der Waals surface area contributed by atoms with E-state index in [2.05, 4.69) is 37.9 Å². The number of benzene rings is 1. The average molecular weight is 446 g/mol. The van der Waals surface area contributed by atoms with Crippen LogP contribution in [-0.4, -0.2) is 29.2 Å². The third-order valence-corrected chi connectivity index (χ3v) is 7.00. The van der Waals surface area contributed by atoms with Crippen LogP contribution in [0.25, 0.3) is 21.6 Å². The van der Waals surface area contributed by atoms with E-state index in [0.717, 1.165) is 27.3 Å². The minimum Gasteiger partial charge on any atom is -0.462 e. The smallest absolute Gasteiger partial charge is 0.349 e. The van der Waals surface area contributed by atoms with Gasteiger partial charge in [-0.1, -0.05) is 18.2 Å². The Kier molecular flexibility index (Phi) is 6.19. The van der Waals surface area contributed by atoms with Crippen molar-refractivity contribution in [1.82, 2.24) is 9.55 Å². The summed E-state index contributed by atoms with van der Waals surface area (Å²) in [7, 11) is 1.66. The summed E-state index contributed by atoms with van der Waals surface area (Å²) < 4.78 is 17.3. The number of thiazole rings is 1. The quantitative estimate of drug-likeness (QED) is 0.276. The van der Waals surface area contributed by atoms with E-state index in [4.69, 9.17) is 9.47 Å². The molecule has 0 aliphatic carbocycles. The van der Waals surface area contributed by atoms with Gasteiger partial charge in [0.1, 0.15) is 16.6 Å². The molecule has 0 radical (unpaired) electrons. The fourth-order valence-electron chi connectivity index (χ4n) is 2.96. The highest BCUT2D eigenvalue weighted by Gasteiger charge is 2.19. The number of esters is 1. The molecule has 150 valence electrons. The van der Waals surface area contributed by atoms with Crippen molar-refractivity contribution in [1.29, 1.82) is 0 Å². The van der Waals surface area contributed by atoms with Crippen LogP contribution in [0, 0.1) is 0 Å². The normalized spacial score (nSPS) is 11.1. The van der Waals surface area contributed by atoms with E-state index < -0.39 is 0 Å². The van der Waals surface area contributed by atoms with Gasteiger partial charge in [0.15, 0.2) is 0 Å².